The Morgan fingerprint density at radius 3 is 1.08 bits per heavy atom. The van der Waals surface area contributed by atoms with Gasteiger partial charge in [0.05, 0.1) is 15.5 Å². The van der Waals surface area contributed by atoms with E-state index in [1.54, 1.807) is 170 Å². The summed E-state index contributed by atoms with van der Waals surface area (Å²) >= 11 is 1.91. The van der Waals surface area contributed by atoms with Crippen molar-refractivity contribution in [2.24, 2.45) is 9.98 Å². The Morgan fingerprint density at radius 1 is 0.372 bits per heavy atom. The van der Waals surface area contributed by atoms with Crippen LogP contribution in [0.1, 0.15) is 43.8 Å². The summed E-state index contributed by atoms with van der Waals surface area (Å²) < 4.78 is 25.0. The summed E-state index contributed by atoms with van der Waals surface area (Å²) in [4.78, 5) is 133. The molecule has 14 nitrogen and oxygen atoms in total. The fourth-order valence-electron chi connectivity index (χ4n) is 11.6. The average molecular weight is 1170 g/mol. The fraction of sp³-hybridized carbons (Fsp3) is 0.0857. The van der Waals surface area contributed by atoms with Crippen molar-refractivity contribution < 1.29 is 38.1 Å². The van der Waals surface area contributed by atoms with Crippen LogP contribution in [0.25, 0.3) is 58.9 Å². The Balaban J connectivity index is 1.05. The molecule has 0 saturated carbocycles. The van der Waals surface area contributed by atoms with Gasteiger partial charge in [-0.15, -0.1) is 22.7 Å². The van der Waals surface area contributed by atoms with E-state index in [0.29, 0.717) is 33.0 Å². The van der Waals surface area contributed by atoms with Gasteiger partial charge in [0.25, 0.3) is 0 Å². The summed E-state index contributed by atoms with van der Waals surface area (Å²) in [5, 5.41) is 2.28. The van der Waals surface area contributed by atoms with Gasteiger partial charge in [-0.1, -0.05) is 170 Å². The number of hydrogen-bond acceptors (Lipinski definition) is 16. The van der Waals surface area contributed by atoms with Gasteiger partial charge >= 0.3 is 23.9 Å². The number of hydrogen-bond donors (Lipinski definition) is 0. The minimum absolute atomic E-state index is 0.0447. The highest BCUT2D eigenvalue weighted by molar-refractivity contribution is 7.25. The first-order valence-electron chi connectivity index (χ1n) is 27.2. The van der Waals surface area contributed by atoms with Crippen LogP contribution >= 0.6 is 22.7 Å². The molecule has 10 aromatic carbocycles. The van der Waals surface area contributed by atoms with Crippen LogP contribution in [0.2, 0.25) is 0 Å². The van der Waals surface area contributed by atoms with Gasteiger partial charge in [-0.05, 0) is 80.2 Å². The smallest absolute Gasteiger partial charge is 0.334 e. The van der Waals surface area contributed by atoms with E-state index in [2.05, 4.69) is 0 Å². The van der Waals surface area contributed by atoms with Gasteiger partial charge in [0, 0.05) is 43.1 Å². The van der Waals surface area contributed by atoms with E-state index in [4.69, 9.17) is 28.9 Å². The zero-order valence-electron chi connectivity index (χ0n) is 45.1. The highest BCUT2D eigenvalue weighted by Crippen LogP contribution is 2.64. The summed E-state index contributed by atoms with van der Waals surface area (Å²) in [6, 6.07) is 57.0. The number of benzene rings is 8. The summed E-state index contributed by atoms with van der Waals surface area (Å²) in [5.74, 6) is -4.96. The van der Waals surface area contributed by atoms with Crippen LogP contribution in [0.15, 0.2) is 235 Å². The number of rotatable bonds is 14. The number of carbonyl (C=O) groups is 4. The summed E-state index contributed by atoms with van der Waals surface area (Å²) in [5.41, 5.74) is -7.42. The molecule has 0 atom stereocenters. The average Bonchev–Trinajstić information content (AvgIpc) is 1.49. The molecule has 2 aliphatic rings. The normalized spacial score (nSPS) is 13.5. The van der Waals surface area contributed by atoms with Crippen LogP contribution in [0.3, 0.4) is 0 Å². The van der Waals surface area contributed by atoms with Crippen molar-refractivity contribution in [2.75, 3.05) is 0 Å². The van der Waals surface area contributed by atoms with E-state index >= 15 is 19.2 Å². The zero-order chi connectivity index (χ0) is 58.8. The molecule has 2 aromatic heterocycles. The molecule has 0 saturated heterocycles. The van der Waals surface area contributed by atoms with Gasteiger partial charge in [-0.2, -0.15) is 0 Å². The molecule has 0 aliphatic heterocycles. The molecule has 16 heteroatoms. The van der Waals surface area contributed by atoms with Crippen molar-refractivity contribution in [3.05, 3.63) is 301 Å². The van der Waals surface area contributed by atoms with Gasteiger partial charge < -0.3 is 18.9 Å². The molecule has 0 amide bonds. The van der Waals surface area contributed by atoms with Crippen LogP contribution in [0.4, 0.5) is 5.00 Å². The maximum Gasteiger partial charge on any atom is 0.334 e. The molecule has 0 fully saturated rings. The molecule has 2 aliphatic carbocycles. The Morgan fingerprint density at radius 2 is 0.709 bits per heavy atom. The topological polar surface area (TPSA) is 198 Å². The summed E-state index contributed by atoms with van der Waals surface area (Å²) in [7, 11) is 0. The molecule has 0 unspecified atom stereocenters. The highest BCUT2D eigenvalue weighted by atomic mass is 32.1. The zero-order valence-corrected chi connectivity index (χ0v) is 46.7. The van der Waals surface area contributed by atoms with Gasteiger partial charge in [0.1, 0.15) is 31.4 Å². The largest absolute Gasteiger partial charge is 0.459 e. The maximum absolute atomic E-state index is 16.2. The predicted octanol–water partition coefficient (Wildman–Crippen LogP) is 10.3. The minimum Gasteiger partial charge on any atom is -0.459 e. The lowest BCUT2D eigenvalue weighted by Crippen LogP contribution is -2.51. The second-order valence-electron chi connectivity index (χ2n) is 20.9. The van der Waals surface area contributed by atoms with E-state index in [1.807, 2.05) is 24.3 Å². The Hall–Kier alpha value is -10.7. The van der Waals surface area contributed by atoms with Gasteiger partial charge in [-0.3, -0.25) is 38.4 Å². The lowest BCUT2D eigenvalue weighted by molar-refractivity contribution is -0.167. The van der Waals surface area contributed by atoms with Crippen LogP contribution < -0.4 is 32.4 Å². The molecular weight excluding hydrogens is 1120 g/mol. The molecule has 0 bridgehead atoms. The second-order valence-corrected chi connectivity index (χ2v) is 23.0. The van der Waals surface area contributed by atoms with Crippen molar-refractivity contribution in [3.63, 3.8) is 0 Å². The van der Waals surface area contributed by atoms with E-state index in [1.165, 1.54) is 12.1 Å². The van der Waals surface area contributed by atoms with Crippen molar-refractivity contribution in [3.8, 4) is 9.75 Å². The van der Waals surface area contributed by atoms with Crippen molar-refractivity contribution in [2.45, 2.75) is 37.3 Å². The number of esters is 4. The van der Waals surface area contributed by atoms with Crippen LogP contribution in [0.5, 0.6) is 0 Å². The monoisotopic (exact) mass is 1170 g/mol. The van der Waals surface area contributed by atoms with E-state index in [-0.39, 0.29) is 71.1 Å². The van der Waals surface area contributed by atoms with Gasteiger partial charge in [0.15, 0.2) is 10.7 Å². The quantitative estimate of drug-likeness (QED) is 0.0568. The number of ether oxygens (including phenoxy) is 4. The molecule has 0 spiro atoms. The standard InChI is InChI=1S/C70H42N2O12S2/c73-59-47-29-43-25-13-14-26-44(43)30-48(47)60(74)57(59)71-53-34-52-55(70(53,67(79)83-37-41-21-9-3-10-22-41)68(80)84-38-42-23-11-4-12-24-42)56-64(85-52)63-51(33-54(86-63)72-58-61(75)49-31-45-27-15-16-28-46(45)32-50(49)62(58)76)69(56,65(77)81-35-39-17-5-1-6-18-39)66(78)82-36-40-19-7-2-8-20-40/h1-34H,35-38H2. The summed E-state index contributed by atoms with van der Waals surface area (Å²) in [6.07, 6.45) is 1.36. The molecule has 416 valence electrons. The first-order valence-corrected chi connectivity index (χ1v) is 28.9. The number of thiophene rings is 2. The SMILES string of the molecule is O=C(OCc1ccccc1)C1(C(=O)OCc2ccccc2)C(N=c2c(=O)c3cc4ccccc4cc3c2=O)=Cc2sc3c(c21)C(C(=O)OCc1ccccc1)(C(=O)OCc1ccccc1)c1cc(N=c2c(=O)c4cc5ccccc5cc4c2=O)sc1-3. The lowest BCUT2D eigenvalue weighted by atomic mass is 9.70. The van der Waals surface area contributed by atoms with Crippen LogP contribution in [-0.2, 0) is 75.4 Å². The Bertz CT molecular complexity index is 4940. The second kappa shape index (κ2) is 21.2. The number of fused-ring (bicyclic) bond motifs is 9. The first kappa shape index (κ1) is 53.3. The highest BCUT2D eigenvalue weighted by Gasteiger charge is 2.68. The molecular formula is C70H42N2O12S2. The van der Waals surface area contributed by atoms with Gasteiger partial charge in [0.2, 0.25) is 32.5 Å². The van der Waals surface area contributed by atoms with E-state index < -0.39 is 86.0 Å². The molecule has 0 radical (unpaired) electrons. The molecule has 14 rings (SSSR count). The number of carbonyl (C=O) groups excluding carboxylic acids is 4. The molecule has 86 heavy (non-hydrogen) atoms. The first-order chi connectivity index (χ1) is 41.9. The third kappa shape index (κ3) is 8.59. The van der Waals surface area contributed by atoms with Crippen LogP contribution in [0, 0.1) is 0 Å². The third-order valence-electron chi connectivity index (χ3n) is 15.8. The minimum atomic E-state index is -2.92. The number of nitrogens with zero attached hydrogens (tertiary/aromatic N) is 2. The molecule has 12 aromatic rings. The van der Waals surface area contributed by atoms with Crippen molar-refractivity contribution in [1.29, 1.82) is 0 Å². The molecule has 0 N–H and O–H groups in total. The van der Waals surface area contributed by atoms with Crippen molar-refractivity contribution >= 4 is 101 Å². The van der Waals surface area contributed by atoms with E-state index in [9.17, 15) is 19.2 Å². The van der Waals surface area contributed by atoms with Crippen molar-refractivity contribution in [1.82, 2.24) is 0 Å². The third-order valence-corrected chi connectivity index (χ3v) is 18.1. The Labute approximate surface area is 494 Å². The summed E-state index contributed by atoms with van der Waals surface area (Å²) in [6.45, 7) is -1.57. The Kier molecular flexibility index (Phi) is 13.1. The van der Waals surface area contributed by atoms with Crippen LogP contribution in [-0.4, -0.2) is 23.9 Å². The lowest BCUT2D eigenvalue weighted by Gasteiger charge is -2.32. The fourth-order valence-corrected chi connectivity index (χ4v) is 14.2. The van der Waals surface area contributed by atoms with E-state index in [0.717, 1.165) is 33.4 Å². The molecule has 2 heterocycles. The van der Waals surface area contributed by atoms with Gasteiger partial charge in [-0.25, -0.2) is 9.98 Å². The predicted molar refractivity (Wildman–Crippen MR) is 327 cm³/mol. The maximum atomic E-state index is 16.2.